The SMILES string of the molecule is CCCCCC[N+]1=C(/C=C/C=C/N(C(C)=O)c2ccccc2)C(C)(CCCS(=O)(=O)O)c2cc(SOOO)ccc21. The third-order valence-corrected chi connectivity index (χ3v) is 8.54. The number of carbonyl (C=O) groups excluding carboxylic acids is 1. The molecule has 1 aliphatic rings. The number of rotatable bonds is 16. The second-order valence-corrected chi connectivity index (χ2v) is 12.5. The van der Waals surface area contributed by atoms with E-state index >= 15 is 0 Å². The Morgan fingerprint density at radius 3 is 2.51 bits per heavy atom. The van der Waals surface area contributed by atoms with Crippen LogP contribution in [0.25, 0.3) is 0 Å². The molecular weight excluding hydrogens is 564 g/mol. The molecule has 2 N–H and O–H groups in total. The number of para-hydroxylation sites is 1. The van der Waals surface area contributed by atoms with Gasteiger partial charge < -0.3 is 0 Å². The molecule has 2 aromatic rings. The van der Waals surface area contributed by atoms with E-state index in [0.29, 0.717) is 11.3 Å². The van der Waals surface area contributed by atoms with Crippen molar-refractivity contribution in [2.75, 3.05) is 17.2 Å². The summed E-state index contributed by atoms with van der Waals surface area (Å²) in [6.45, 7) is 6.52. The summed E-state index contributed by atoms with van der Waals surface area (Å²) in [5.41, 5.74) is 3.14. The van der Waals surface area contributed by atoms with E-state index in [1.165, 1.54) is 6.92 Å². The molecule has 1 atom stereocenters. The number of allylic oxidation sites excluding steroid dienone is 3. The Hall–Kier alpha value is -2.80. The first-order chi connectivity index (χ1) is 19.6. The van der Waals surface area contributed by atoms with E-state index in [4.69, 9.17) is 5.26 Å². The molecule has 1 unspecified atom stereocenters. The Labute approximate surface area is 247 Å². The van der Waals surface area contributed by atoms with Gasteiger partial charge in [-0.1, -0.05) is 49.1 Å². The molecule has 0 aromatic heterocycles. The molecule has 1 heterocycles. The van der Waals surface area contributed by atoms with Crippen LogP contribution in [-0.4, -0.2) is 46.7 Å². The summed E-state index contributed by atoms with van der Waals surface area (Å²) in [5.74, 6) is -0.459. The Bertz CT molecular complexity index is 1370. The fraction of sp³-hybridized carbons (Fsp3) is 0.400. The zero-order valence-corrected chi connectivity index (χ0v) is 25.4. The van der Waals surface area contributed by atoms with Crippen LogP contribution in [0.3, 0.4) is 0 Å². The number of amides is 1. The lowest BCUT2D eigenvalue weighted by atomic mass is 9.76. The minimum absolute atomic E-state index is 0.117. The minimum atomic E-state index is -4.11. The molecule has 0 bridgehead atoms. The van der Waals surface area contributed by atoms with Crippen LogP contribution in [0.4, 0.5) is 11.4 Å². The summed E-state index contributed by atoms with van der Waals surface area (Å²) < 4.78 is 39.4. The zero-order valence-electron chi connectivity index (χ0n) is 23.7. The largest absolute Gasteiger partial charge is 0.288 e. The van der Waals surface area contributed by atoms with Crippen molar-refractivity contribution in [2.45, 2.75) is 69.6 Å². The van der Waals surface area contributed by atoms with Gasteiger partial charge >= 0.3 is 0 Å². The first kappa shape index (κ1) is 32.7. The Morgan fingerprint density at radius 2 is 1.85 bits per heavy atom. The van der Waals surface area contributed by atoms with Crippen LogP contribution >= 0.6 is 12.0 Å². The van der Waals surface area contributed by atoms with Crippen LogP contribution in [0.5, 0.6) is 0 Å². The molecule has 0 spiro atoms. The van der Waals surface area contributed by atoms with Gasteiger partial charge in [-0.15, -0.1) is 4.33 Å². The van der Waals surface area contributed by atoms with Crippen molar-refractivity contribution in [2.24, 2.45) is 0 Å². The van der Waals surface area contributed by atoms with Crippen molar-refractivity contribution in [3.8, 4) is 0 Å². The second-order valence-electron chi connectivity index (χ2n) is 10.1. The van der Waals surface area contributed by atoms with Gasteiger partial charge in [-0.3, -0.25) is 14.2 Å². The number of unbranched alkanes of at least 4 members (excludes halogenated alkanes) is 3. The van der Waals surface area contributed by atoms with E-state index in [2.05, 4.69) is 27.8 Å². The maximum atomic E-state index is 12.3. The van der Waals surface area contributed by atoms with Crippen molar-refractivity contribution >= 4 is 45.2 Å². The summed E-state index contributed by atoms with van der Waals surface area (Å²) in [5, 5.41) is 12.4. The zero-order chi connectivity index (χ0) is 29.9. The van der Waals surface area contributed by atoms with Crippen molar-refractivity contribution in [1.82, 2.24) is 0 Å². The predicted molar refractivity (Wildman–Crippen MR) is 162 cm³/mol. The Kier molecular flexibility index (Phi) is 12.3. The van der Waals surface area contributed by atoms with Crippen LogP contribution in [-0.2, 0) is 29.7 Å². The van der Waals surface area contributed by atoms with Gasteiger partial charge in [0, 0.05) is 47.8 Å². The number of hydrogen-bond acceptors (Lipinski definition) is 7. The third kappa shape index (κ3) is 9.09. The molecule has 222 valence electrons. The number of anilines is 1. The van der Waals surface area contributed by atoms with Crippen LogP contribution in [0.2, 0.25) is 0 Å². The van der Waals surface area contributed by atoms with Crippen molar-refractivity contribution < 1.29 is 37.0 Å². The molecule has 11 heteroatoms. The van der Waals surface area contributed by atoms with Crippen LogP contribution in [0.15, 0.2) is 77.9 Å². The molecule has 41 heavy (non-hydrogen) atoms. The molecular formula is C30H39N2O7S2+. The average molecular weight is 604 g/mol. The monoisotopic (exact) mass is 603 g/mol. The van der Waals surface area contributed by atoms with Crippen LogP contribution in [0.1, 0.15) is 64.9 Å². The van der Waals surface area contributed by atoms with Gasteiger partial charge in [-0.05, 0) is 56.5 Å². The van der Waals surface area contributed by atoms with E-state index < -0.39 is 15.5 Å². The van der Waals surface area contributed by atoms with E-state index in [0.717, 1.165) is 66.9 Å². The number of nitrogens with zero attached hydrogens (tertiary/aromatic N) is 2. The molecule has 1 amide bonds. The average Bonchev–Trinajstić information content (AvgIpc) is 3.16. The first-order valence-electron chi connectivity index (χ1n) is 13.7. The Balaban J connectivity index is 2.03. The lowest BCUT2D eigenvalue weighted by molar-refractivity contribution is -0.438. The van der Waals surface area contributed by atoms with Crippen molar-refractivity contribution in [3.05, 3.63) is 78.5 Å². The van der Waals surface area contributed by atoms with Gasteiger partial charge in [-0.2, -0.15) is 13.0 Å². The normalized spacial score (nSPS) is 17.1. The summed E-state index contributed by atoms with van der Waals surface area (Å²) in [6.07, 6.45) is 12.5. The third-order valence-electron chi connectivity index (χ3n) is 7.16. The summed E-state index contributed by atoms with van der Waals surface area (Å²) in [6, 6.07) is 15.2. The van der Waals surface area contributed by atoms with Gasteiger partial charge in [0.15, 0.2) is 5.71 Å². The molecule has 0 saturated heterocycles. The van der Waals surface area contributed by atoms with Crippen molar-refractivity contribution in [1.29, 1.82) is 0 Å². The molecule has 9 nitrogen and oxygen atoms in total. The molecule has 1 aliphatic heterocycles. The molecule has 0 saturated carbocycles. The van der Waals surface area contributed by atoms with E-state index in [9.17, 15) is 17.8 Å². The highest BCUT2D eigenvalue weighted by atomic mass is 32.2. The number of carbonyl (C=O) groups is 1. The molecule has 3 rings (SSSR count). The second kappa shape index (κ2) is 15.4. The van der Waals surface area contributed by atoms with Crippen LogP contribution in [0, 0.1) is 0 Å². The number of fused-ring (bicyclic) bond motifs is 1. The van der Waals surface area contributed by atoms with Crippen LogP contribution < -0.4 is 4.90 Å². The fourth-order valence-corrected chi connectivity index (χ4v) is 6.10. The quantitative estimate of drug-likeness (QED) is 0.0407. The maximum Gasteiger partial charge on any atom is 0.264 e. The number of benzene rings is 2. The highest BCUT2D eigenvalue weighted by Gasteiger charge is 2.47. The standard InChI is InChI=1S/C30H38N2O7S2/c1-4-5-6-11-21-32-28-18-17-26(40-39-38-34)23-27(28)30(3,19-13-22-41(35,36)37)29(32)16-10-12-20-31(24(2)33)25-14-8-7-9-15-25/h7-10,12,14-18,20,23H,4-6,11,13,19,21-22H2,1-3H3,(H-,34,35,36,37)/p+1. The summed E-state index contributed by atoms with van der Waals surface area (Å²) in [7, 11) is -4.11. The lowest BCUT2D eigenvalue weighted by Gasteiger charge is -2.22. The van der Waals surface area contributed by atoms with Gasteiger partial charge in [0.1, 0.15) is 6.54 Å². The van der Waals surface area contributed by atoms with Gasteiger partial charge in [0.25, 0.3) is 10.1 Å². The highest BCUT2D eigenvalue weighted by Crippen LogP contribution is 2.45. The molecule has 2 aromatic carbocycles. The summed E-state index contributed by atoms with van der Waals surface area (Å²) in [4.78, 5) is 14.6. The topological polar surface area (TPSA) is 116 Å². The van der Waals surface area contributed by atoms with Gasteiger partial charge in [0.05, 0.1) is 23.2 Å². The molecule has 0 aliphatic carbocycles. The van der Waals surface area contributed by atoms with Gasteiger partial charge in [-0.25, -0.2) is 5.26 Å². The van der Waals surface area contributed by atoms with Gasteiger partial charge in [0.2, 0.25) is 11.6 Å². The first-order valence-corrected chi connectivity index (χ1v) is 16.0. The van der Waals surface area contributed by atoms with E-state index in [1.807, 2.05) is 66.8 Å². The molecule has 0 fully saturated rings. The highest BCUT2D eigenvalue weighted by molar-refractivity contribution is 7.94. The Morgan fingerprint density at radius 1 is 1.10 bits per heavy atom. The minimum Gasteiger partial charge on any atom is -0.288 e. The van der Waals surface area contributed by atoms with E-state index in [1.54, 1.807) is 11.1 Å². The lowest BCUT2D eigenvalue weighted by Crippen LogP contribution is -2.32. The van der Waals surface area contributed by atoms with E-state index in [-0.39, 0.29) is 18.1 Å². The summed E-state index contributed by atoms with van der Waals surface area (Å²) >= 11 is 0.865. The van der Waals surface area contributed by atoms with Crippen molar-refractivity contribution in [3.63, 3.8) is 0 Å². The fourth-order valence-electron chi connectivity index (χ4n) is 5.19. The molecule has 0 radical (unpaired) electrons. The predicted octanol–water partition coefficient (Wildman–Crippen LogP) is 6.84. The number of hydrogen-bond donors (Lipinski definition) is 2. The smallest absolute Gasteiger partial charge is 0.264 e. The maximum absolute atomic E-state index is 12.3.